The van der Waals surface area contributed by atoms with Crippen molar-refractivity contribution in [3.63, 3.8) is 0 Å². The minimum absolute atomic E-state index is 0.422. The van der Waals surface area contributed by atoms with Crippen molar-refractivity contribution in [3.05, 3.63) is 23.8 Å². The maximum atomic E-state index is 11.7. The van der Waals surface area contributed by atoms with Gasteiger partial charge in [0.25, 0.3) is 6.01 Å². The van der Waals surface area contributed by atoms with Crippen LogP contribution in [0.3, 0.4) is 0 Å². The van der Waals surface area contributed by atoms with E-state index in [4.69, 9.17) is 9.15 Å². The van der Waals surface area contributed by atoms with Crippen molar-refractivity contribution in [1.82, 2.24) is 10.3 Å². The zero-order valence-electron chi connectivity index (χ0n) is 19.2. The van der Waals surface area contributed by atoms with Gasteiger partial charge in [-0.05, 0) is 45.2 Å². The summed E-state index contributed by atoms with van der Waals surface area (Å²) in [4.78, 5) is 16.3. The molecular weight excluding hydrogens is 378 g/mol. The summed E-state index contributed by atoms with van der Waals surface area (Å²) in [6.45, 7) is 8.72. The molecule has 6 heteroatoms. The Hall–Kier alpha value is -2.24. The predicted molar refractivity (Wildman–Crippen MR) is 123 cm³/mol. The van der Waals surface area contributed by atoms with Gasteiger partial charge >= 0.3 is 6.09 Å². The van der Waals surface area contributed by atoms with Crippen LogP contribution in [0.25, 0.3) is 11.1 Å². The first-order chi connectivity index (χ1) is 14.4. The number of carbonyl (C=O) groups is 1. The molecule has 6 nitrogen and oxygen atoms in total. The van der Waals surface area contributed by atoms with Gasteiger partial charge < -0.3 is 19.8 Å². The van der Waals surface area contributed by atoms with Crippen LogP contribution in [-0.4, -0.2) is 29.8 Å². The van der Waals surface area contributed by atoms with E-state index in [1.807, 2.05) is 32.9 Å². The number of oxazole rings is 1. The van der Waals surface area contributed by atoms with E-state index in [9.17, 15) is 4.79 Å². The summed E-state index contributed by atoms with van der Waals surface area (Å²) in [5.74, 6) is 0. The van der Waals surface area contributed by atoms with E-state index in [1.165, 1.54) is 56.9 Å². The number of alkyl carbamates (subject to hydrolysis) is 1. The maximum Gasteiger partial charge on any atom is 0.407 e. The van der Waals surface area contributed by atoms with Gasteiger partial charge in [0, 0.05) is 13.1 Å². The fraction of sp³-hybridized carbons (Fsp3) is 0.667. The Morgan fingerprint density at radius 2 is 1.73 bits per heavy atom. The third-order valence-corrected chi connectivity index (χ3v) is 4.87. The fourth-order valence-electron chi connectivity index (χ4n) is 3.38. The molecule has 0 spiro atoms. The highest BCUT2D eigenvalue weighted by Gasteiger charge is 2.15. The number of unbranched alkanes of at least 4 members (excludes halogenated alkanes) is 7. The molecule has 1 aromatic carbocycles. The number of benzene rings is 1. The smallest absolute Gasteiger partial charge is 0.407 e. The number of ether oxygens (including phenoxy) is 1. The molecule has 1 heterocycles. The number of para-hydroxylation sites is 1. The summed E-state index contributed by atoms with van der Waals surface area (Å²) in [5, 5.41) is 5.85. The van der Waals surface area contributed by atoms with Gasteiger partial charge in [-0.15, -0.1) is 0 Å². The number of anilines is 1. The van der Waals surface area contributed by atoms with Crippen molar-refractivity contribution in [2.24, 2.45) is 0 Å². The molecule has 168 valence electrons. The average molecular weight is 418 g/mol. The molecule has 0 aliphatic heterocycles. The van der Waals surface area contributed by atoms with E-state index in [0.717, 1.165) is 17.5 Å². The molecule has 0 aliphatic rings. The monoisotopic (exact) mass is 417 g/mol. The number of fused-ring (bicyclic) bond motifs is 1. The minimum atomic E-state index is -0.497. The van der Waals surface area contributed by atoms with Crippen LogP contribution in [0.5, 0.6) is 0 Å². The van der Waals surface area contributed by atoms with Crippen molar-refractivity contribution in [1.29, 1.82) is 0 Å². The molecule has 2 rings (SSSR count). The number of hydrogen-bond acceptors (Lipinski definition) is 5. The molecule has 0 atom stereocenters. The first kappa shape index (κ1) is 24.0. The summed E-state index contributed by atoms with van der Waals surface area (Å²) >= 11 is 0. The maximum absolute atomic E-state index is 11.7. The van der Waals surface area contributed by atoms with Crippen molar-refractivity contribution < 1.29 is 13.9 Å². The number of carbonyl (C=O) groups excluding carboxylic acids is 1. The normalized spacial score (nSPS) is 11.6. The Bertz CT molecular complexity index is 765. The van der Waals surface area contributed by atoms with Gasteiger partial charge in [0.2, 0.25) is 0 Å². The third kappa shape index (κ3) is 9.06. The highest BCUT2D eigenvalue weighted by molar-refractivity contribution is 5.78. The van der Waals surface area contributed by atoms with E-state index >= 15 is 0 Å². The number of rotatable bonds is 13. The molecule has 0 radical (unpaired) electrons. The van der Waals surface area contributed by atoms with Crippen LogP contribution in [0.15, 0.2) is 22.6 Å². The summed E-state index contributed by atoms with van der Waals surface area (Å²) in [7, 11) is 0. The number of nitrogens with one attached hydrogen (secondary N) is 2. The second-order valence-corrected chi connectivity index (χ2v) is 8.86. The molecule has 2 aromatic rings. The number of nitrogens with zero attached hydrogens (tertiary/aromatic N) is 1. The number of amides is 1. The Labute approximate surface area is 181 Å². The highest BCUT2D eigenvalue weighted by Crippen LogP contribution is 2.24. The molecule has 1 amide bonds. The van der Waals surface area contributed by atoms with Gasteiger partial charge in [-0.2, -0.15) is 4.98 Å². The molecule has 0 fully saturated rings. The van der Waals surface area contributed by atoms with Crippen LogP contribution in [0.2, 0.25) is 0 Å². The SMILES string of the molecule is CCCCCCCCCCc1cccc2oc(NCCNC(=O)OC(C)(C)C)nc12. The summed E-state index contributed by atoms with van der Waals surface area (Å²) < 4.78 is 11.0. The van der Waals surface area contributed by atoms with E-state index in [0.29, 0.717) is 19.1 Å². The average Bonchev–Trinajstić information content (AvgIpc) is 3.10. The second-order valence-electron chi connectivity index (χ2n) is 8.86. The lowest BCUT2D eigenvalue weighted by Crippen LogP contribution is -2.35. The van der Waals surface area contributed by atoms with Gasteiger partial charge in [0.15, 0.2) is 5.58 Å². The quantitative estimate of drug-likeness (QED) is 0.366. The largest absolute Gasteiger partial charge is 0.444 e. The van der Waals surface area contributed by atoms with E-state index in [-0.39, 0.29) is 0 Å². The van der Waals surface area contributed by atoms with Crippen LogP contribution in [-0.2, 0) is 11.2 Å². The van der Waals surface area contributed by atoms with Gasteiger partial charge in [0.1, 0.15) is 11.1 Å². The van der Waals surface area contributed by atoms with Crippen molar-refractivity contribution in [3.8, 4) is 0 Å². The topological polar surface area (TPSA) is 76.4 Å². The number of hydrogen-bond donors (Lipinski definition) is 2. The van der Waals surface area contributed by atoms with Gasteiger partial charge in [0.05, 0.1) is 0 Å². The van der Waals surface area contributed by atoms with E-state index < -0.39 is 11.7 Å². The summed E-state index contributed by atoms with van der Waals surface area (Å²) in [6.07, 6.45) is 11.1. The first-order valence-corrected chi connectivity index (χ1v) is 11.5. The van der Waals surface area contributed by atoms with E-state index in [2.05, 4.69) is 28.6 Å². The van der Waals surface area contributed by atoms with Gasteiger partial charge in [-0.3, -0.25) is 0 Å². The lowest BCUT2D eigenvalue weighted by atomic mass is 10.0. The van der Waals surface area contributed by atoms with Crippen molar-refractivity contribution in [2.45, 2.75) is 91.1 Å². The van der Waals surface area contributed by atoms with Crippen LogP contribution in [0, 0.1) is 0 Å². The molecule has 1 aromatic heterocycles. The minimum Gasteiger partial charge on any atom is -0.444 e. The highest BCUT2D eigenvalue weighted by atomic mass is 16.6. The fourth-order valence-corrected chi connectivity index (χ4v) is 3.38. The number of aromatic nitrogens is 1. The van der Waals surface area contributed by atoms with Crippen molar-refractivity contribution >= 4 is 23.2 Å². The molecular formula is C24H39N3O3. The lowest BCUT2D eigenvalue weighted by molar-refractivity contribution is 0.0530. The van der Waals surface area contributed by atoms with Crippen LogP contribution in [0.1, 0.15) is 84.6 Å². The first-order valence-electron chi connectivity index (χ1n) is 11.5. The van der Waals surface area contributed by atoms with E-state index in [1.54, 1.807) is 0 Å². The zero-order chi connectivity index (χ0) is 21.8. The molecule has 30 heavy (non-hydrogen) atoms. The Kier molecular flexibility index (Phi) is 9.98. The Morgan fingerprint density at radius 1 is 1.03 bits per heavy atom. The van der Waals surface area contributed by atoms with Crippen LogP contribution >= 0.6 is 0 Å². The summed E-state index contributed by atoms with van der Waals surface area (Å²) in [6, 6.07) is 6.60. The predicted octanol–water partition coefficient (Wildman–Crippen LogP) is 6.45. The Balaban J connectivity index is 1.73. The third-order valence-electron chi connectivity index (χ3n) is 4.87. The van der Waals surface area contributed by atoms with Gasteiger partial charge in [-0.1, -0.05) is 64.0 Å². The molecule has 0 saturated carbocycles. The zero-order valence-corrected chi connectivity index (χ0v) is 19.2. The standard InChI is InChI=1S/C24H39N3O3/c1-5-6-7-8-9-10-11-12-14-19-15-13-16-20-21(19)27-22(29-20)25-17-18-26-23(28)30-24(2,3)4/h13,15-16H,5-12,14,17-18H2,1-4H3,(H,25,27)(H,26,28). The van der Waals surface area contributed by atoms with Crippen LogP contribution in [0.4, 0.5) is 10.8 Å². The molecule has 0 unspecified atom stereocenters. The molecule has 0 saturated heterocycles. The van der Waals surface area contributed by atoms with Crippen LogP contribution < -0.4 is 10.6 Å². The molecule has 2 N–H and O–H groups in total. The molecule has 0 bridgehead atoms. The Morgan fingerprint density at radius 3 is 2.43 bits per heavy atom. The summed E-state index contributed by atoms with van der Waals surface area (Å²) in [5.41, 5.74) is 2.48. The number of aryl methyl sites for hydroxylation is 1. The van der Waals surface area contributed by atoms with Gasteiger partial charge in [-0.25, -0.2) is 4.79 Å². The lowest BCUT2D eigenvalue weighted by Gasteiger charge is -2.19. The second kappa shape index (κ2) is 12.5. The van der Waals surface area contributed by atoms with Crippen molar-refractivity contribution in [2.75, 3.05) is 18.4 Å². The molecule has 0 aliphatic carbocycles.